The maximum absolute atomic E-state index is 10.5. The van der Waals surface area contributed by atoms with E-state index in [0.717, 1.165) is 35.8 Å². The molecule has 0 heterocycles. The summed E-state index contributed by atoms with van der Waals surface area (Å²) in [4.78, 5) is 0. The Morgan fingerprint density at radius 2 is 2.00 bits per heavy atom. The predicted molar refractivity (Wildman–Crippen MR) is 74.0 cm³/mol. The number of aliphatic hydroxyl groups is 1. The van der Waals surface area contributed by atoms with Crippen LogP contribution < -0.4 is 4.74 Å². The summed E-state index contributed by atoms with van der Waals surface area (Å²) >= 11 is 0. The van der Waals surface area contributed by atoms with Crippen molar-refractivity contribution in [3.63, 3.8) is 0 Å². The van der Waals surface area contributed by atoms with E-state index in [1.807, 2.05) is 12.1 Å². The molecule has 102 valence electrons. The van der Waals surface area contributed by atoms with Crippen molar-refractivity contribution in [3.05, 3.63) is 29.8 Å². The topological polar surface area (TPSA) is 29.5 Å². The van der Waals surface area contributed by atoms with Gasteiger partial charge in [0.2, 0.25) is 0 Å². The Kier molecular flexibility index (Phi) is 2.63. The highest BCUT2D eigenvalue weighted by Crippen LogP contribution is 2.70. The molecule has 5 atom stereocenters. The van der Waals surface area contributed by atoms with Crippen LogP contribution in [0, 0.1) is 29.6 Å². The number of hydrogen-bond donors (Lipinski definition) is 1. The number of methoxy groups -OCH3 is 1. The third kappa shape index (κ3) is 1.80. The molecule has 0 aromatic heterocycles. The lowest BCUT2D eigenvalue weighted by Gasteiger charge is -2.15. The van der Waals surface area contributed by atoms with Gasteiger partial charge in [0.25, 0.3) is 0 Å². The molecule has 4 rings (SSSR count). The van der Waals surface area contributed by atoms with E-state index in [1.54, 1.807) is 7.11 Å². The van der Waals surface area contributed by atoms with Crippen LogP contribution in [0.4, 0.5) is 0 Å². The molecule has 0 spiro atoms. The van der Waals surface area contributed by atoms with Crippen LogP contribution in [0.15, 0.2) is 24.3 Å². The van der Waals surface area contributed by atoms with Crippen LogP contribution in [0.5, 0.6) is 5.75 Å². The summed E-state index contributed by atoms with van der Waals surface area (Å²) in [7, 11) is 1.69. The van der Waals surface area contributed by atoms with Crippen molar-refractivity contribution in [2.45, 2.75) is 31.8 Å². The Bertz CT molecular complexity index is 468. The van der Waals surface area contributed by atoms with Crippen LogP contribution in [-0.4, -0.2) is 18.3 Å². The molecule has 1 N–H and O–H groups in total. The summed E-state index contributed by atoms with van der Waals surface area (Å²) in [6.07, 6.45) is 4.94. The van der Waals surface area contributed by atoms with Gasteiger partial charge in [0.05, 0.1) is 13.2 Å². The molecule has 2 bridgehead atoms. The van der Waals surface area contributed by atoms with Gasteiger partial charge in [0.1, 0.15) is 5.75 Å². The van der Waals surface area contributed by atoms with Gasteiger partial charge in [-0.05, 0) is 73.0 Å². The number of aliphatic hydroxyl groups excluding tert-OH is 1. The first-order chi connectivity index (χ1) is 9.28. The van der Waals surface area contributed by atoms with Gasteiger partial charge in [-0.2, -0.15) is 0 Å². The molecule has 3 saturated carbocycles. The molecule has 3 fully saturated rings. The Morgan fingerprint density at radius 3 is 2.68 bits per heavy atom. The first-order valence-corrected chi connectivity index (χ1v) is 7.59. The van der Waals surface area contributed by atoms with E-state index in [0.29, 0.717) is 5.92 Å². The first-order valence-electron chi connectivity index (χ1n) is 7.59. The molecule has 0 radical (unpaired) electrons. The van der Waals surface area contributed by atoms with Crippen LogP contribution in [-0.2, 0) is 6.42 Å². The fourth-order valence-electron chi connectivity index (χ4n) is 5.08. The van der Waals surface area contributed by atoms with E-state index >= 15 is 0 Å². The Labute approximate surface area is 114 Å². The Hall–Kier alpha value is -1.02. The minimum absolute atomic E-state index is 0.148. The van der Waals surface area contributed by atoms with Crippen LogP contribution in [0.1, 0.15) is 24.8 Å². The van der Waals surface area contributed by atoms with Crippen molar-refractivity contribution in [1.82, 2.24) is 0 Å². The quantitative estimate of drug-likeness (QED) is 0.900. The lowest BCUT2D eigenvalue weighted by atomic mass is 9.95. The highest BCUT2D eigenvalue weighted by Gasteiger charge is 2.66. The molecule has 1 aromatic rings. The normalized spacial score (nSPS) is 40.0. The van der Waals surface area contributed by atoms with E-state index in [2.05, 4.69) is 12.1 Å². The van der Waals surface area contributed by atoms with Crippen molar-refractivity contribution in [2.24, 2.45) is 29.6 Å². The Balaban J connectivity index is 1.43. The summed E-state index contributed by atoms with van der Waals surface area (Å²) < 4.78 is 5.25. The smallest absolute Gasteiger partial charge is 0.119 e. The SMILES string of the molecule is COc1cccc(CC(O)C2C3C4CCC(C4)C23)c1. The average molecular weight is 258 g/mol. The molecule has 0 aliphatic heterocycles. The van der Waals surface area contributed by atoms with Gasteiger partial charge in [0.15, 0.2) is 0 Å². The number of ether oxygens (including phenoxy) is 1. The summed E-state index contributed by atoms with van der Waals surface area (Å²) in [5.41, 5.74) is 1.20. The summed E-state index contributed by atoms with van der Waals surface area (Å²) in [6.45, 7) is 0. The molecule has 19 heavy (non-hydrogen) atoms. The van der Waals surface area contributed by atoms with Crippen molar-refractivity contribution < 1.29 is 9.84 Å². The summed E-state index contributed by atoms with van der Waals surface area (Å²) in [5.74, 6) is 5.09. The highest BCUT2D eigenvalue weighted by atomic mass is 16.5. The molecular formula is C17H22O2. The van der Waals surface area contributed by atoms with Gasteiger partial charge in [-0.1, -0.05) is 12.1 Å². The van der Waals surface area contributed by atoms with E-state index in [-0.39, 0.29) is 6.10 Å². The van der Waals surface area contributed by atoms with Gasteiger partial charge < -0.3 is 9.84 Å². The third-order valence-corrected chi connectivity index (χ3v) is 5.82. The van der Waals surface area contributed by atoms with Crippen LogP contribution in [0.2, 0.25) is 0 Å². The zero-order valence-electron chi connectivity index (χ0n) is 11.5. The van der Waals surface area contributed by atoms with Crippen molar-refractivity contribution >= 4 is 0 Å². The Morgan fingerprint density at radius 1 is 1.26 bits per heavy atom. The average Bonchev–Trinajstić information content (AvgIpc) is 2.88. The minimum atomic E-state index is -0.148. The summed E-state index contributed by atoms with van der Waals surface area (Å²) in [6, 6.07) is 8.12. The standard InChI is InChI=1S/C17H22O2/c1-19-13-4-2-3-10(7-13)8-14(18)17-15-11-5-6-12(9-11)16(15)17/h2-4,7,11-12,14-18H,5-6,8-9H2,1H3. The molecule has 5 unspecified atom stereocenters. The molecule has 3 aliphatic rings. The van der Waals surface area contributed by atoms with Gasteiger partial charge in [-0.25, -0.2) is 0 Å². The largest absolute Gasteiger partial charge is 0.497 e. The van der Waals surface area contributed by atoms with Crippen molar-refractivity contribution in [3.8, 4) is 5.75 Å². The molecular weight excluding hydrogens is 236 g/mol. The van der Waals surface area contributed by atoms with Gasteiger partial charge >= 0.3 is 0 Å². The molecule has 0 amide bonds. The lowest BCUT2D eigenvalue weighted by Crippen LogP contribution is -2.18. The minimum Gasteiger partial charge on any atom is -0.497 e. The third-order valence-electron chi connectivity index (χ3n) is 5.82. The zero-order chi connectivity index (χ0) is 13.0. The van der Waals surface area contributed by atoms with Crippen molar-refractivity contribution in [1.29, 1.82) is 0 Å². The fraction of sp³-hybridized carbons (Fsp3) is 0.647. The molecule has 2 nitrogen and oxygen atoms in total. The second-order valence-corrected chi connectivity index (χ2v) is 6.69. The second-order valence-electron chi connectivity index (χ2n) is 6.69. The summed E-state index contributed by atoms with van der Waals surface area (Å²) in [5, 5.41) is 10.5. The number of fused-ring (bicyclic) bond motifs is 5. The molecule has 0 saturated heterocycles. The highest BCUT2D eigenvalue weighted by molar-refractivity contribution is 5.29. The molecule has 2 heteroatoms. The fourth-order valence-corrected chi connectivity index (χ4v) is 5.08. The van der Waals surface area contributed by atoms with E-state index in [1.165, 1.54) is 24.8 Å². The second kappa shape index (κ2) is 4.24. The van der Waals surface area contributed by atoms with Crippen molar-refractivity contribution in [2.75, 3.05) is 7.11 Å². The van der Waals surface area contributed by atoms with E-state index < -0.39 is 0 Å². The maximum Gasteiger partial charge on any atom is 0.119 e. The van der Waals surface area contributed by atoms with Crippen LogP contribution in [0.3, 0.4) is 0 Å². The predicted octanol–water partition coefficient (Wildman–Crippen LogP) is 2.89. The number of rotatable bonds is 4. The molecule has 1 aromatic carbocycles. The van der Waals surface area contributed by atoms with Gasteiger partial charge in [0, 0.05) is 0 Å². The van der Waals surface area contributed by atoms with Gasteiger partial charge in [-0.3, -0.25) is 0 Å². The maximum atomic E-state index is 10.5. The van der Waals surface area contributed by atoms with E-state index in [9.17, 15) is 5.11 Å². The monoisotopic (exact) mass is 258 g/mol. The van der Waals surface area contributed by atoms with Crippen LogP contribution in [0.25, 0.3) is 0 Å². The first kappa shape index (κ1) is 11.8. The molecule has 3 aliphatic carbocycles. The van der Waals surface area contributed by atoms with E-state index in [4.69, 9.17) is 4.74 Å². The number of hydrogen-bond acceptors (Lipinski definition) is 2. The zero-order valence-corrected chi connectivity index (χ0v) is 11.5. The van der Waals surface area contributed by atoms with Gasteiger partial charge in [-0.15, -0.1) is 0 Å². The lowest BCUT2D eigenvalue weighted by molar-refractivity contribution is 0.128. The number of benzene rings is 1. The van der Waals surface area contributed by atoms with Crippen LogP contribution >= 0.6 is 0 Å².